The SMILES string of the molecule is O=C(C1CCN(c2ccc(N3CCOCC3)nn2)CC1)N1CCCCC1. The Morgan fingerprint density at radius 3 is 2.00 bits per heavy atom. The number of morpholine rings is 1. The molecule has 3 aliphatic rings. The van der Waals surface area contributed by atoms with Crippen LogP contribution in [0.3, 0.4) is 0 Å². The monoisotopic (exact) mass is 359 g/mol. The maximum Gasteiger partial charge on any atom is 0.225 e. The van der Waals surface area contributed by atoms with Crippen molar-refractivity contribution in [2.45, 2.75) is 32.1 Å². The van der Waals surface area contributed by atoms with Crippen molar-refractivity contribution in [3.63, 3.8) is 0 Å². The molecule has 0 N–H and O–H groups in total. The van der Waals surface area contributed by atoms with Gasteiger partial charge < -0.3 is 19.4 Å². The highest BCUT2D eigenvalue weighted by atomic mass is 16.5. The summed E-state index contributed by atoms with van der Waals surface area (Å²) in [6, 6.07) is 4.11. The molecule has 1 aromatic rings. The average molecular weight is 359 g/mol. The summed E-state index contributed by atoms with van der Waals surface area (Å²) in [7, 11) is 0. The molecule has 3 fully saturated rings. The summed E-state index contributed by atoms with van der Waals surface area (Å²) >= 11 is 0. The number of carbonyl (C=O) groups excluding carboxylic acids is 1. The van der Waals surface area contributed by atoms with E-state index in [2.05, 4.69) is 37.0 Å². The van der Waals surface area contributed by atoms with Crippen LogP contribution >= 0.6 is 0 Å². The number of nitrogens with zero attached hydrogens (tertiary/aromatic N) is 5. The fourth-order valence-electron chi connectivity index (χ4n) is 4.18. The molecule has 0 aliphatic carbocycles. The molecule has 0 radical (unpaired) electrons. The second kappa shape index (κ2) is 8.20. The van der Waals surface area contributed by atoms with Gasteiger partial charge in [0.2, 0.25) is 5.91 Å². The molecule has 0 unspecified atom stereocenters. The number of piperidine rings is 2. The molecule has 7 nitrogen and oxygen atoms in total. The molecule has 3 aliphatic heterocycles. The van der Waals surface area contributed by atoms with Gasteiger partial charge in [-0.05, 0) is 44.2 Å². The average Bonchev–Trinajstić information content (AvgIpc) is 2.75. The molecule has 4 heterocycles. The first-order chi connectivity index (χ1) is 12.8. The molecule has 26 heavy (non-hydrogen) atoms. The lowest BCUT2D eigenvalue weighted by Gasteiger charge is -2.36. The molecule has 1 aromatic heterocycles. The van der Waals surface area contributed by atoms with E-state index in [4.69, 9.17) is 4.74 Å². The van der Waals surface area contributed by atoms with Gasteiger partial charge in [0, 0.05) is 45.2 Å². The van der Waals surface area contributed by atoms with E-state index >= 15 is 0 Å². The van der Waals surface area contributed by atoms with Gasteiger partial charge in [-0.15, -0.1) is 10.2 Å². The predicted octanol–water partition coefficient (Wildman–Crippen LogP) is 1.54. The van der Waals surface area contributed by atoms with E-state index in [1.807, 2.05) is 0 Å². The van der Waals surface area contributed by atoms with Crippen molar-refractivity contribution in [3.8, 4) is 0 Å². The van der Waals surface area contributed by atoms with Gasteiger partial charge in [-0.25, -0.2) is 0 Å². The van der Waals surface area contributed by atoms with Crippen molar-refractivity contribution >= 4 is 17.5 Å². The van der Waals surface area contributed by atoms with Crippen LogP contribution in [0.4, 0.5) is 11.6 Å². The molecule has 0 aromatic carbocycles. The summed E-state index contributed by atoms with van der Waals surface area (Å²) < 4.78 is 5.38. The van der Waals surface area contributed by atoms with Crippen molar-refractivity contribution in [1.29, 1.82) is 0 Å². The Morgan fingerprint density at radius 1 is 0.846 bits per heavy atom. The van der Waals surface area contributed by atoms with Crippen LogP contribution in [0.2, 0.25) is 0 Å². The van der Waals surface area contributed by atoms with Crippen LogP contribution < -0.4 is 9.80 Å². The van der Waals surface area contributed by atoms with Crippen LogP contribution in [0.25, 0.3) is 0 Å². The number of anilines is 2. The van der Waals surface area contributed by atoms with E-state index in [-0.39, 0.29) is 5.92 Å². The van der Waals surface area contributed by atoms with Crippen LogP contribution in [0.5, 0.6) is 0 Å². The van der Waals surface area contributed by atoms with Crippen LogP contribution in [0, 0.1) is 5.92 Å². The van der Waals surface area contributed by atoms with Crippen molar-refractivity contribution in [2.75, 3.05) is 62.3 Å². The fraction of sp³-hybridized carbons (Fsp3) is 0.737. The maximum atomic E-state index is 12.7. The van der Waals surface area contributed by atoms with Crippen molar-refractivity contribution in [1.82, 2.24) is 15.1 Å². The summed E-state index contributed by atoms with van der Waals surface area (Å²) in [5, 5.41) is 8.84. The lowest BCUT2D eigenvalue weighted by Crippen LogP contribution is -2.44. The zero-order valence-electron chi connectivity index (χ0n) is 15.5. The number of rotatable bonds is 3. The van der Waals surface area contributed by atoms with Crippen molar-refractivity contribution < 1.29 is 9.53 Å². The molecule has 0 spiro atoms. The Hall–Kier alpha value is -1.89. The first-order valence-electron chi connectivity index (χ1n) is 10.0. The third kappa shape index (κ3) is 3.92. The lowest BCUT2D eigenvalue weighted by molar-refractivity contribution is -0.137. The van der Waals surface area contributed by atoms with Crippen LogP contribution in [-0.4, -0.2) is 73.5 Å². The van der Waals surface area contributed by atoms with Gasteiger partial charge in [0.1, 0.15) is 0 Å². The number of amides is 1. The number of hydrogen-bond donors (Lipinski definition) is 0. The molecular formula is C19H29N5O2. The minimum atomic E-state index is 0.185. The van der Waals surface area contributed by atoms with Crippen LogP contribution in [0.15, 0.2) is 12.1 Å². The largest absolute Gasteiger partial charge is 0.378 e. The quantitative estimate of drug-likeness (QED) is 0.816. The highest BCUT2D eigenvalue weighted by Crippen LogP contribution is 2.25. The minimum absolute atomic E-state index is 0.185. The van der Waals surface area contributed by atoms with Gasteiger partial charge >= 0.3 is 0 Å². The molecule has 3 saturated heterocycles. The van der Waals surface area contributed by atoms with E-state index in [9.17, 15) is 4.79 Å². The number of ether oxygens (including phenoxy) is 1. The minimum Gasteiger partial charge on any atom is -0.378 e. The van der Waals surface area contributed by atoms with E-state index in [1.165, 1.54) is 6.42 Å². The highest BCUT2D eigenvalue weighted by Gasteiger charge is 2.29. The van der Waals surface area contributed by atoms with Crippen molar-refractivity contribution in [2.24, 2.45) is 5.92 Å². The first-order valence-corrected chi connectivity index (χ1v) is 10.0. The summed E-state index contributed by atoms with van der Waals surface area (Å²) in [5.74, 6) is 2.40. The van der Waals surface area contributed by atoms with E-state index in [0.717, 1.165) is 89.8 Å². The second-order valence-electron chi connectivity index (χ2n) is 7.50. The first kappa shape index (κ1) is 17.5. The molecule has 0 saturated carbocycles. The number of carbonyl (C=O) groups is 1. The highest BCUT2D eigenvalue weighted by molar-refractivity contribution is 5.79. The third-order valence-corrected chi connectivity index (χ3v) is 5.81. The molecule has 0 bridgehead atoms. The molecule has 7 heteroatoms. The van der Waals surface area contributed by atoms with E-state index < -0.39 is 0 Å². The van der Waals surface area contributed by atoms with Crippen molar-refractivity contribution in [3.05, 3.63) is 12.1 Å². The molecule has 0 atom stereocenters. The Balaban J connectivity index is 1.30. The van der Waals surface area contributed by atoms with E-state index in [0.29, 0.717) is 5.91 Å². The lowest BCUT2D eigenvalue weighted by atomic mass is 9.94. The Bertz CT molecular complexity index is 588. The second-order valence-corrected chi connectivity index (χ2v) is 7.50. The summed E-state index contributed by atoms with van der Waals surface area (Å²) in [5.41, 5.74) is 0. The molecular weight excluding hydrogens is 330 g/mol. The molecule has 1 amide bonds. The number of hydrogen-bond acceptors (Lipinski definition) is 6. The Kier molecular flexibility index (Phi) is 5.53. The summed E-state index contributed by atoms with van der Waals surface area (Å²) in [4.78, 5) is 19.2. The zero-order valence-corrected chi connectivity index (χ0v) is 15.5. The Labute approximate surface area is 155 Å². The van der Waals surface area contributed by atoms with Crippen LogP contribution in [0.1, 0.15) is 32.1 Å². The van der Waals surface area contributed by atoms with Gasteiger partial charge in [-0.2, -0.15) is 0 Å². The van der Waals surface area contributed by atoms with Gasteiger partial charge in [0.05, 0.1) is 13.2 Å². The molecule has 4 rings (SSSR count). The normalized spacial score (nSPS) is 22.5. The van der Waals surface area contributed by atoms with Gasteiger partial charge in [0.25, 0.3) is 0 Å². The maximum absolute atomic E-state index is 12.7. The summed E-state index contributed by atoms with van der Waals surface area (Å²) in [6.45, 7) is 6.92. The van der Waals surface area contributed by atoms with Crippen LogP contribution in [-0.2, 0) is 9.53 Å². The topological polar surface area (TPSA) is 61.8 Å². The van der Waals surface area contributed by atoms with Gasteiger partial charge in [0.15, 0.2) is 11.6 Å². The van der Waals surface area contributed by atoms with Gasteiger partial charge in [-0.1, -0.05) is 0 Å². The van der Waals surface area contributed by atoms with E-state index in [1.54, 1.807) is 0 Å². The smallest absolute Gasteiger partial charge is 0.225 e. The third-order valence-electron chi connectivity index (χ3n) is 5.81. The zero-order chi connectivity index (χ0) is 17.8. The fourth-order valence-corrected chi connectivity index (χ4v) is 4.18. The predicted molar refractivity (Wildman–Crippen MR) is 100 cm³/mol. The molecule has 142 valence electrons. The summed E-state index contributed by atoms with van der Waals surface area (Å²) in [6.07, 6.45) is 5.43. The number of likely N-dealkylation sites (tertiary alicyclic amines) is 1. The number of aromatic nitrogens is 2. The standard InChI is InChI=1S/C19H29N5O2/c25-19(24-8-2-1-3-9-24)16-6-10-22(11-7-16)17-4-5-18(21-20-17)23-12-14-26-15-13-23/h4-5,16H,1-3,6-15H2. The Morgan fingerprint density at radius 2 is 1.42 bits per heavy atom. The van der Waals surface area contributed by atoms with Gasteiger partial charge in [-0.3, -0.25) is 4.79 Å².